The Labute approximate surface area is 79.7 Å². The molecule has 0 aromatic carbocycles. The average molecular weight is 182 g/mol. The zero-order valence-electron chi connectivity index (χ0n) is 8.66. The Hall–Kier alpha value is -0.570. The van der Waals surface area contributed by atoms with Crippen LogP contribution in [0.2, 0.25) is 0 Å². The van der Waals surface area contributed by atoms with Crippen LogP contribution in [0.15, 0.2) is 0 Å². The summed E-state index contributed by atoms with van der Waals surface area (Å²) in [5.74, 6) is 0.494. The van der Waals surface area contributed by atoms with Crippen molar-refractivity contribution in [3.05, 3.63) is 0 Å². The van der Waals surface area contributed by atoms with Crippen LogP contribution in [0.25, 0.3) is 0 Å². The molecule has 2 unspecified atom stereocenters. The maximum Gasteiger partial charge on any atom is 0.225 e. The van der Waals surface area contributed by atoms with E-state index in [9.17, 15) is 4.79 Å². The van der Waals surface area contributed by atoms with E-state index in [4.69, 9.17) is 0 Å². The Kier molecular flexibility index (Phi) is 2.06. The smallest absolute Gasteiger partial charge is 0.225 e. The molecule has 0 saturated carbocycles. The summed E-state index contributed by atoms with van der Waals surface area (Å²) < 4.78 is 0. The second-order valence-electron chi connectivity index (χ2n) is 4.37. The van der Waals surface area contributed by atoms with E-state index in [-0.39, 0.29) is 5.92 Å². The highest BCUT2D eigenvalue weighted by Gasteiger charge is 2.52. The fourth-order valence-electron chi connectivity index (χ4n) is 2.29. The summed E-state index contributed by atoms with van der Waals surface area (Å²) in [7, 11) is 0. The van der Waals surface area contributed by atoms with Crippen LogP contribution in [0.1, 0.15) is 20.8 Å². The van der Waals surface area contributed by atoms with Crippen molar-refractivity contribution >= 4 is 5.91 Å². The molecule has 2 heterocycles. The predicted molar refractivity (Wildman–Crippen MR) is 51.4 cm³/mol. The number of hydrogen-bond acceptors (Lipinski definition) is 2. The molecule has 3 heteroatoms. The Bertz CT molecular complexity index is 227. The number of hydrogen-bond donors (Lipinski definition) is 0. The van der Waals surface area contributed by atoms with Gasteiger partial charge in [-0.2, -0.15) is 0 Å². The number of fused-ring (bicyclic) bond motifs is 1. The minimum absolute atomic E-state index is 0.164. The Morgan fingerprint density at radius 1 is 1.38 bits per heavy atom. The highest BCUT2D eigenvalue weighted by atomic mass is 16.2. The molecule has 3 nitrogen and oxygen atoms in total. The molecule has 2 fully saturated rings. The van der Waals surface area contributed by atoms with Gasteiger partial charge in [0.2, 0.25) is 5.91 Å². The fraction of sp³-hybridized carbons (Fsp3) is 0.900. The van der Waals surface area contributed by atoms with Crippen molar-refractivity contribution in [3.8, 4) is 0 Å². The molecule has 0 aromatic heterocycles. The summed E-state index contributed by atoms with van der Waals surface area (Å²) in [4.78, 5) is 16.1. The SMILES string of the molecule is CCN1CC2C1CN2C(=O)C(C)C. The van der Waals surface area contributed by atoms with Crippen LogP contribution in [-0.2, 0) is 4.79 Å². The highest BCUT2D eigenvalue weighted by molar-refractivity contribution is 5.80. The monoisotopic (exact) mass is 182 g/mol. The summed E-state index contributed by atoms with van der Waals surface area (Å²) >= 11 is 0. The van der Waals surface area contributed by atoms with Crippen molar-refractivity contribution in [1.29, 1.82) is 0 Å². The standard InChI is InChI=1S/C10H18N2O/c1-4-11-5-9-8(11)6-12(9)10(13)7(2)3/h7-9H,4-6H2,1-3H3. The van der Waals surface area contributed by atoms with Gasteiger partial charge >= 0.3 is 0 Å². The fourth-order valence-corrected chi connectivity index (χ4v) is 2.29. The van der Waals surface area contributed by atoms with Crippen LogP contribution in [0.4, 0.5) is 0 Å². The first-order valence-electron chi connectivity index (χ1n) is 5.19. The van der Waals surface area contributed by atoms with Crippen LogP contribution in [0, 0.1) is 5.92 Å². The van der Waals surface area contributed by atoms with E-state index in [1.807, 2.05) is 18.7 Å². The topological polar surface area (TPSA) is 23.6 Å². The van der Waals surface area contributed by atoms with Gasteiger partial charge in [-0.1, -0.05) is 20.8 Å². The molecule has 2 saturated heterocycles. The molecule has 0 aliphatic carbocycles. The van der Waals surface area contributed by atoms with Crippen molar-refractivity contribution in [3.63, 3.8) is 0 Å². The largest absolute Gasteiger partial charge is 0.335 e. The lowest BCUT2D eigenvalue weighted by Crippen LogP contribution is -2.79. The molecule has 1 amide bonds. The lowest BCUT2D eigenvalue weighted by Gasteiger charge is -2.62. The molecule has 13 heavy (non-hydrogen) atoms. The minimum Gasteiger partial charge on any atom is -0.335 e. The van der Waals surface area contributed by atoms with E-state index >= 15 is 0 Å². The van der Waals surface area contributed by atoms with E-state index < -0.39 is 0 Å². The molecule has 0 aromatic rings. The third-order valence-electron chi connectivity index (χ3n) is 3.30. The maximum atomic E-state index is 11.6. The Morgan fingerprint density at radius 2 is 2.08 bits per heavy atom. The van der Waals surface area contributed by atoms with Gasteiger partial charge in [-0.15, -0.1) is 0 Å². The average Bonchev–Trinajstić information content (AvgIpc) is 2.07. The molecule has 2 aliphatic rings. The van der Waals surface area contributed by atoms with Gasteiger partial charge in [-0.25, -0.2) is 0 Å². The number of likely N-dealkylation sites (tertiary alicyclic amines) is 2. The van der Waals surface area contributed by atoms with E-state index in [2.05, 4.69) is 11.8 Å². The quantitative estimate of drug-likeness (QED) is 0.623. The highest BCUT2D eigenvalue weighted by Crippen LogP contribution is 2.33. The normalized spacial score (nSPS) is 32.5. The zero-order chi connectivity index (χ0) is 9.59. The van der Waals surface area contributed by atoms with E-state index in [0.717, 1.165) is 19.6 Å². The zero-order valence-corrected chi connectivity index (χ0v) is 8.66. The molecule has 2 rings (SSSR count). The molecule has 2 atom stereocenters. The number of likely N-dealkylation sites (N-methyl/N-ethyl adjacent to an activating group) is 1. The summed E-state index contributed by atoms with van der Waals surface area (Å²) in [6.07, 6.45) is 0. The number of carbonyl (C=O) groups is 1. The summed E-state index contributed by atoms with van der Waals surface area (Å²) in [5.41, 5.74) is 0. The molecule has 0 spiro atoms. The van der Waals surface area contributed by atoms with E-state index in [0.29, 0.717) is 18.0 Å². The number of carbonyl (C=O) groups excluding carboxylic acids is 1. The first kappa shape index (κ1) is 9.00. The number of piperazine rings is 1. The van der Waals surface area contributed by atoms with Crippen molar-refractivity contribution in [2.75, 3.05) is 19.6 Å². The van der Waals surface area contributed by atoms with Gasteiger partial charge in [0.15, 0.2) is 0 Å². The molecule has 2 aliphatic heterocycles. The third-order valence-corrected chi connectivity index (χ3v) is 3.30. The number of nitrogens with zero attached hydrogens (tertiary/aromatic N) is 2. The maximum absolute atomic E-state index is 11.6. The Balaban J connectivity index is 1.87. The first-order chi connectivity index (χ1) is 6.15. The number of amides is 1. The van der Waals surface area contributed by atoms with Gasteiger partial charge in [0.05, 0.1) is 6.04 Å². The predicted octanol–water partition coefficient (Wildman–Crippen LogP) is 0.557. The van der Waals surface area contributed by atoms with Gasteiger partial charge in [-0.3, -0.25) is 9.69 Å². The first-order valence-corrected chi connectivity index (χ1v) is 5.19. The minimum atomic E-state index is 0.164. The molecule has 0 bridgehead atoms. The summed E-state index contributed by atoms with van der Waals surface area (Å²) in [6.45, 7) is 9.33. The van der Waals surface area contributed by atoms with Crippen LogP contribution >= 0.6 is 0 Å². The third kappa shape index (κ3) is 1.17. The van der Waals surface area contributed by atoms with Crippen LogP contribution < -0.4 is 0 Å². The molecular weight excluding hydrogens is 164 g/mol. The van der Waals surface area contributed by atoms with Crippen LogP contribution in [0.3, 0.4) is 0 Å². The van der Waals surface area contributed by atoms with E-state index in [1.165, 1.54) is 0 Å². The second kappa shape index (κ2) is 2.98. The van der Waals surface area contributed by atoms with Crippen molar-refractivity contribution in [2.45, 2.75) is 32.9 Å². The van der Waals surface area contributed by atoms with Gasteiger partial charge in [0, 0.05) is 25.0 Å². The molecule has 74 valence electrons. The van der Waals surface area contributed by atoms with E-state index in [1.54, 1.807) is 0 Å². The molecule has 0 N–H and O–H groups in total. The van der Waals surface area contributed by atoms with Crippen molar-refractivity contribution in [2.24, 2.45) is 5.92 Å². The lowest BCUT2D eigenvalue weighted by molar-refractivity contribution is -0.167. The van der Waals surface area contributed by atoms with Gasteiger partial charge in [0.1, 0.15) is 0 Å². The van der Waals surface area contributed by atoms with Crippen molar-refractivity contribution in [1.82, 2.24) is 9.80 Å². The van der Waals surface area contributed by atoms with Crippen LogP contribution in [0.5, 0.6) is 0 Å². The Morgan fingerprint density at radius 3 is 2.46 bits per heavy atom. The summed E-state index contributed by atoms with van der Waals surface area (Å²) in [5, 5.41) is 0. The van der Waals surface area contributed by atoms with Crippen LogP contribution in [-0.4, -0.2) is 47.4 Å². The number of rotatable bonds is 2. The van der Waals surface area contributed by atoms with Crippen molar-refractivity contribution < 1.29 is 4.79 Å². The van der Waals surface area contributed by atoms with Gasteiger partial charge < -0.3 is 4.90 Å². The summed E-state index contributed by atoms with van der Waals surface area (Å²) in [6, 6.07) is 1.24. The second-order valence-corrected chi connectivity index (χ2v) is 4.37. The molecular formula is C10H18N2O. The molecule has 0 radical (unpaired) electrons. The van der Waals surface area contributed by atoms with Gasteiger partial charge in [-0.05, 0) is 6.54 Å². The lowest BCUT2D eigenvalue weighted by atomic mass is 9.84. The van der Waals surface area contributed by atoms with Gasteiger partial charge in [0.25, 0.3) is 0 Å².